The van der Waals surface area contributed by atoms with Crippen molar-refractivity contribution in [3.8, 4) is 23.0 Å². The molecular formula is C41H38ClF8N7O5S2. The number of nitrogens with zero attached hydrogens (tertiary/aromatic N) is 3. The van der Waals surface area contributed by atoms with E-state index in [0.29, 0.717) is 18.9 Å². The maximum absolute atomic E-state index is 15.4. The van der Waals surface area contributed by atoms with Crippen molar-refractivity contribution < 1.29 is 56.8 Å². The first-order valence-corrected chi connectivity index (χ1v) is 23.3. The molecule has 342 valence electrons. The first-order chi connectivity index (χ1) is 29.8. The van der Waals surface area contributed by atoms with E-state index in [9.17, 15) is 48.0 Å². The van der Waals surface area contributed by atoms with Crippen LogP contribution in [0.3, 0.4) is 0 Å². The quantitative estimate of drug-likeness (QED) is 0.0519. The van der Waals surface area contributed by atoms with Gasteiger partial charge in [0.25, 0.3) is 18.8 Å². The zero-order valence-electron chi connectivity index (χ0n) is 33.8. The standard InChI is InChI=1S/C41H38ClF8N7O5S2/c1-40(2,63(3,59)60)11-10-22-4-7-24(25-8-9-28(42)33-36(25)57(18-30(45)46)55-39(33)56-64(61,62)23-5-6-23)35(53-22)29(14-19-12-20(43)15-21(44)13-19)54-31(58)17-52-37-32(34(51)38(47)48)26-16-27(26)41(37,49)50/h4,7-9,12-13,15,23,26-27,29-30,38,51-52H,5-6,14,16-18H2,1-3H3,(H,54,58)(H,55,56)/t26?,27-,29+/m1/s1. The first kappa shape index (κ1) is 46.7. The smallest absolute Gasteiger partial charge is 0.290 e. The highest BCUT2D eigenvalue weighted by Gasteiger charge is 2.66. The molecule has 0 bridgehead atoms. The molecule has 2 aromatic carbocycles. The second kappa shape index (κ2) is 16.9. The van der Waals surface area contributed by atoms with Crippen LogP contribution >= 0.6 is 11.6 Å². The molecule has 2 saturated carbocycles. The number of nitrogens with one attached hydrogen (secondary N) is 4. The second-order valence-corrected chi connectivity index (χ2v) is 21.2. The second-order valence-electron chi connectivity index (χ2n) is 16.3. The number of hydrogen-bond donors (Lipinski definition) is 4. The molecule has 2 aromatic heterocycles. The van der Waals surface area contributed by atoms with Crippen LogP contribution in [0.1, 0.15) is 56.1 Å². The third-order valence-corrected chi connectivity index (χ3v) is 15.3. The highest BCUT2D eigenvalue weighted by molar-refractivity contribution is 7.93. The van der Waals surface area contributed by atoms with E-state index in [4.69, 9.17) is 17.0 Å². The first-order valence-electron chi connectivity index (χ1n) is 19.5. The zero-order chi connectivity index (χ0) is 46.8. The number of sulfonamides is 1. The number of aromatic nitrogens is 3. The maximum Gasteiger partial charge on any atom is 0.290 e. The Morgan fingerprint density at radius 3 is 2.30 bits per heavy atom. The molecule has 3 atom stereocenters. The molecule has 1 unspecified atom stereocenters. The number of allylic oxidation sites excluding steroid dienone is 2. The Hall–Kier alpha value is -5.27. The number of carbonyl (C=O) groups excluding carboxylic acids is 1. The van der Waals surface area contributed by atoms with Crippen LogP contribution in [0.25, 0.3) is 22.0 Å². The number of benzene rings is 2. The normalized spacial score (nSPS) is 18.8. The van der Waals surface area contributed by atoms with Crippen LogP contribution in [-0.2, 0) is 37.6 Å². The highest BCUT2D eigenvalue weighted by atomic mass is 35.5. The fourth-order valence-corrected chi connectivity index (χ4v) is 9.31. The number of amides is 1. The summed E-state index contributed by atoms with van der Waals surface area (Å²) in [4.78, 5) is 18.5. The van der Waals surface area contributed by atoms with Gasteiger partial charge in [0.15, 0.2) is 15.7 Å². The molecule has 0 radical (unpaired) electrons. The van der Waals surface area contributed by atoms with Gasteiger partial charge in [0.1, 0.15) is 34.3 Å². The average molecular weight is 960 g/mol. The van der Waals surface area contributed by atoms with Crippen molar-refractivity contribution in [1.82, 2.24) is 25.4 Å². The van der Waals surface area contributed by atoms with Gasteiger partial charge >= 0.3 is 0 Å². The van der Waals surface area contributed by atoms with Crippen molar-refractivity contribution in [2.75, 3.05) is 17.5 Å². The summed E-state index contributed by atoms with van der Waals surface area (Å²) in [5.41, 5.74) is -3.52. The van der Waals surface area contributed by atoms with Crippen LogP contribution in [-0.4, -0.2) is 84.8 Å². The van der Waals surface area contributed by atoms with E-state index in [0.717, 1.165) is 23.1 Å². The van der Waals surface area contributed by atoms with E-state index in [-0.39, 0.29) is 56.2 Å². The predicted molar refractivity (Wildman–Crippen MR) is 222 cm³/mol. The fourth-order valence-electron chi connectivity index (χ4n) is 7.50. The molecule has 3 aliphatic carbocycles. The number of carbonyl (C=O) groups is 1. The molecule has 1 amide bonds. The largest absolute Gasteiger partial charge is 0.374 e. The molecule has 0 saturated heterocycles. The Labute approximate surface area is 366 Å². The monoisotopic (exact) mass is 959 g/mol. The Morgan fingerprint density at radius 1 is 1.03 bits per heavy atom. The Kier molecular flexibility index (Phi) is 12.4. The predicted octanol–water partition coefficient (Wildman–Crippen LogP) is 7.19. The van der Waals surface area contributed by atoms with Gasteiger partial charge in [0.05, 0.1) is 45.2 Å². The fraction of sp³-hybridized carbons (Fsp3) is 0.415. The number of halogens is 9. The summed E-state index contributed by atoms with van der Waals surface area (Å²) in [6, 6.07) is 6.24. The molecular weight excluding hydrogens is 922 g/mol. The topological polar surface area (TPSA) is 176 Å². The van der Waals surface area contributed by atoms with Crippen LogP contribution in [0.5, 0.6) is 0 Å². The van der Waals surface area contributed by atoms with Crippen LogP contribution in [0.4, 0.5) is 40.9 Å². The minimum atomic E-state index is -4.04. The van der Waals surface area contributed by atoms with Crippen molar-refractivity contribution in [3.05, 3.63) is 87.3 Å². The van der Waals surface area contributed by atoms with Crippen LogP contribution < -0.4 is 15.4 Å². The summed E-state index contributed by atoms with van der Waals surface area (Å²) in [7, 11) is -7.83. The number of pyridine rings is 1. The minimum Gasteiger partial charge on any atom is -0.374 e. The molecule has 12 nitrogen and oxygen atoms in total. The third-order valence-electron chi connectivity index (χ3n) is 11.2. The van der Waals surface area contributed by atoms with Crippen molar-refractivity contribution in [2.24, 2.45) is 11.8 Å². The lowest BCUT2D eigenvalue weighted by Crippen LogP contribution is -2.41. The molecule has 2 fully saturated rings. The number of fused-ring (bicyclic) bond motifs is 2. The molecule has 4 N–H and O–H groups in total. The summed E-state index contributed by atoms with van der Waals surface area (Å²) < 4.78 is 168. The van der Waals surface area contributed by atoms with Crippen molar-refractivity contribution in [1.29, 1.82) is 5.41 Å². The van der Waals surface area contributed by atoms with E-state index in [1.807, 2.05) is 0 Å². The lowest BCUT2D eigenvalue weighted by molar-refractivity contribution is -0.121. The molecule has 3 aliphatic rings. The van der Waals surface area contributed by atoms with Gasteiger partial charge < -0.3 is 10.6 Å². The van der Waals surface area contributed by atoms with Crippen molar-refractivity contribution in [2.45, 2.75) is 80.9 Å². The van der Waals surface area contributed by atoms with Crippen molar-refractivity contribution >= 4 is 59.8 Å². The van der Waals surface area contributed by atoms with Gasteiger partial charge in [-0.15, -0.1) is 0 Å². The lowest BCUT2D eigenvalue weighted by Gasteiger charge is -2.24. The Bertz CT molecular complexity index is 2890. The van der Waals surface area contributed by atoms with Crippen LogP contribution in [0, 0.1) is 40.7 Å². The van der Waals surface area contributed by atoms with Gasteiger partial charge in [-0.2, -0.15) is 13.9 Å². The van der Waals surface area contributed by atoms with Gasteiger partial charge in [0.2, 0.25) is 15.9 Å². The molecule has 4 aromatic rings. The van der Waals surface area contributed by atoms with Crippen LogP contribution in [0.15, 0.2) is 53.7 Å². The molecule has 23 heteroatoms. The van der Waals surface area contributed by atoms with E-state index in [2.05, 4.69) is 37.3 Å². The van der Waals surface area contributed by atoms with Gasteiger partial charge in [-0.25, -0.2) is 48.2 Å². The van der Waals surface area contributed by atoms with E-state index >= 15 is 8.78 Å². The number of anilines is 1. The summed E-state index contributed by atoms with van der Waals surface area (Å²) in [5, 5.41) is 15.8. The molecule has 64 heavy (non-hydrogen) atoms. The van der Waals surface area contributed by atoms with Gasteiger partial charge in [0, 0.05) is 34.9 Å². The summed E-state index contributed by atoms with van der Waals surface area (Å²) in [6.07, 6.45) is -5.44. The number of sulfone groups is 1. The minimum absolute atomic E-state index is 0.00506. The molecule has 2 heterocycles. The third kappa shape index (κ3) is 9.42. The lowest BCUT2D eigenvalue weighted by atomic mass is 9.93. The van der Waals surface area contributed by atoms with Gasteiger partial charge in [-0.1, -0.05) is 23.6 Å². The van der Waals surface area contributed by atoms with Crippen molar-refractivity contribution in [3.63, 3.8) is 0 Å². The van der Waals surface area contributed by atoms with E-state index in [1.54, 1.807) is 0 Å². The number of alkyl halides is 6. The molecule has 0 spiro atoms. The number of hydrogen-bond acceptors (Lipinski definition) is 9. The summed E-state index contributed by atoms with van der Waals surface area (Å²) >= 11 is 6.61. The maximum atomic E-state index is 15.4. The van der Waals surface area contributed by atoms with E-state index < -0.39 is 121 Å². The number of rotatable bonds is 16. The molecule has 0 aliphatic heterocycles. The average Bonchev–Trinajstić information content (AvgIpc) is 4.11. The van der Waals surface area contributed by atoms with Gasteiger partial charge in [-0.3, -0.25) is 19.6 Å². The SMILES string of the molecule is CC(C)(C#Cc1ccc(-c2ccc(Cl)c3c(NS(=O)(=O)C4CC4)nn(CC(F)F)c23)c([C@H](Cc2cc(F)cc(F)c2)NC(=O)CNC2=C(C(=N)C(F)F)C3C[C@H]3C2(F)F)n1)S(C)(=O)=O. The Morgan fingerprint density at radius 2 is 1.69 bits per heavy atom. The summed E-state index contributed by atoms with van der Waals surface area (Å²) in [5.74, 6) is -4.32. The van der Waals surface area contributed by atoms with E-state index in [1.165, 1.54) is 38.1 Å². The molecule has 7 rings (SSSR count). The Balaban J connectivity index is 1.40. The summed E-state index contributed by atoms with van der Waals surface area (Å²) in [6.45, 7) is 0.573. The highest BCUT2D eigenvalue weighted by Crippen LogP contribution is 2.62. The van der Waals surface area contributed by atoms with Crippen LogP contribution in [0.2, 0.25) is 5.02 Å². The van der Waals surface area contributed by atoms with Gasteiger partial charge in [-0.05, 0) is 87.3 Å². The zero-order valence-corrected chi connectivity index (χ0v) is 36.2.